The molecular formula is C23H27BrN2O4. The van der Waals surface area contributed by atoms with Crippen LogP contribution in [-0.4, -0.2) is 24.4 Å². The highest BCUT2D eigenvalue weighted by Gasteiger charge is 2.12. The summed E-state index contributed by atoms with van der Waals surface area (Å²) in [5.41, 5.74) is 5.47. The number of nitrogens with one attached hydrogen (secondary N) is 2. The van der Waals surface area contributed by atoms with Crippen molar-refractivity contribution in [1.82, 2.24) is 0 Å². The first-order valence-corrected chi connectivity index (χ1v) is 10.5. The zero-order valence-corrected chi connectivity index (χ0v) is 19.3. The standard InChI is InChI=1S/C23H27BrN2O4/c1-14-8-9-15(2)20(12-14)26-21(27)6-5-7-23(29)30-13-22(28)25-19-11-10-18(24)16(3)17(19)4/h8-12H,5-7,13H2,1-4H3,(H,25,28)(H,26,27). The molecule has 0 bridgehead atoms. The average Bonchev–Trinajstić information content (AvgIpc) is 2.69. The third-order valence-electron chi connectivity index (χ3n) is 4.81. The second-order valence-corrected chi connectivity index (χ2v) is 8.13. The van der Waals surface area contributed by atoms with Gasteiger partial charge in [-0.2, -0.15) is 0 Å². The molecule has 2 rings (SSSR count). The Morgan fingerprint density at radius 3 is 2.30 bits per heavy atom. The van der Waals surface area contributed by atoms with Gasteiger partial charge in [-0.15, -0.1) is 0 Å². The zero-order chi connectivity index (χ0) is 22.3. The first-order valence-electron chi connectivity index (χ1n) is 9.75. The third-order valence-corrected chi connectivity index (χ3v) is 5.67. The Balaban J connectivity index is 1.71. The normalized spacial score (nSPS) is 10.4. The Bertz CT molecular complexity index is 956. The SMILES string of the molecule is Cc1ccc(C)c(NC(=O)CCCC(=O)OCC(=O)Nc2ccc(Br)c(C)c2C)c1. The van der Waals surface area contributed by atoms with Gasteiger partial charge in [0, 0.05) is 28.7 Å². The number of aryl methyl sites for hydroxylation is 2. The van der Waals surface area contributed by atoms with E-state index >= 15 is 0 Å². The van der Waals surface area contributed by atoms with Crippen molar-refractivity contribution in [2.45, 2.75) is 47.0 Å². The fraction of sp³-hybridized carbons (Fsp3) is 0.348. The van der Waals surface area contributed by atoms with Gasteiger partial charge >= 0.3 is 5.97 Å². The van der Waals surface area contributed by atoms with Crippen LogP contribution in [0, 0.1) is 27.7 Å². The summed E-state index contributed by atoms with van der Waals surface area (Å²) in [6.45, 7) is 7.38. The third kappa shape index (κ3) is 6.99. The Kier molecular flexibility index (Phi) is 8.59. The van der Waals surface area contributed by atoms with E-state index in [0.29, 0.717) is 12.1 Å². The monoisotopic (exact) mass is 474 g/mol. The molecule has 0 aromatic heterocycles. The van der Waals surface area contributed by atoms with Crippen molar-refractivity contribution in [2.24, 2.45) is 0 Å². The van der Waals surface area contributed by atoms with Crippen LogP contribution in [0.2, 0.25) is 0 Å². The number of esters is 1. The van der Waals surface area contributed by atoms with E-state index in [1.165, 1.54) is 0 Å². The average molecular weight is 475 g/mol. The van der Waals surface area contributed by atoms with Crippen LogP contribution in [0.15, 0.2) is 34.8 Å². The minimum atomic E-state index is -0.506. The minimum absolute atomic E-state index is 0.0733. The molecule has 0 unspecified atom stereocenters. The van der Waals surface area contributed by atoms with Gasteiger partial charge in [-0.25, -0.2) is 0 Å². The highest BCUT2D eigenvalue weighted by molar-refractivity contribution is 9.10. The van der Waals surface area contributed by atoms with E-state index in [0.717, 1.165) is 32.4 Å². The summed E-state index contributed by atoms with van der Waals surface area (Å²) in [6, 6.07) is 9.49. The van der Waals surface area contributed by atoms with Crippen LogP contribution >= 0.6 is 15.9 Å². The molecule has 160 valence electrons. The van der Waals surface area contributed by atoms with E-state index in [-0.39, 0.29) is 25.4 Å². The van der Waals surface area contributed by atoms with Crippen LogP contribution in [0.1, 0.15) is 41.5 Å². The smallest absolute Gasteiger partial charge is 0.306 e. The van der Waals surface area contributed by atoms with Gasteiger partial charge in [-0.3, -0.25) is 14.4 Å². The second-order valence-electron chi connectivity index (χ2n) is 7.27. The maximum absolute atomic E-state index is 12.1. The van der Waals surface area contributed by atoms with Gasteiger partial charge in [-0.05, 0) is 74.6 Å². The number of benzene rings is 2. The fourth-order valence-electron chi connectivity index (χ4n) is 2.80. The number of halogens is 1. The number of amides is 2. The molecule has 2 aromatic rings. The summed E-state index contributed by atoms with van der Waals surface area (Å²) in [4.78, 5) is 36.0. The Hall–Kier alpha value is -2.67. The number of rotatable bonds is 8. The number of carbonyl (C=O) groups excluding carboxylic acids is 3. The number of hydrogen-bond donors (Lipinski definition) is 2. The summed E-state index contributed by atoms with van der Waals surface area (Å²) in [6.07, 6.45) is 0.623. The molecule has 7 heteroatoms. The summed E-state index contributed by atoms with van der Waals surface area (Å²) in [5.74, 6) is -1.07. The lowest BCUT2D eigenvalue weighted by atomic mass is 10.1. The molecule has 30 heavy (non-hydrogen) atoms. The van der Waals surface area contributed by atoms with E-state index in [9.17, 15) is 14.4 Å². The van der Waals surface area contributed by atoms with Crippen molar-refractivity contribution in [3.63, 3.8) is 0 Å². The first-order chi connectivity index (χ1) is 14.2. The molecule has 0 atom stereocenters. The van der Waals surface area contributed by atoms with Gasteiger partial charge in [0.2, 0.25) is 5.91 Å². The van der Waals surface area contributed by atoms with Gasteiger partial charge < -0.3 is 15.4 Å². The van der Waals surface area contributed by atoms with Gasteiger partial charge in [-0.1, -0.05) is 28.1 Å². The molecular weight excluding hydrogens is 448 g/mol. The van der Waals surface area contributed by atoms with E-state index < -0.39 is 11.9 Å². The Morgan fingerprint density at radius 2 is 1.57 bits per heavy atom. The van der Waals surface area contributed by atoms with Gasteiger partial charge in [0.25, 0.3) is 5.91 Å². The van der Waals surface area contributed by atoms with Crippen LogP contribution in [0.25, 0.3) is 0 Å². The number of hydrogen-bond acceptors (Lipinski definition) is 4. The molecule has 2 N–H and O–H groups in total. The maximum Gasteiger partial charge on any atom is 0.306 e. The lowest BCUT2D eigenvalue weighted by Gasteiger charge is -2.12. The molecule has 2 aromatic carbocycles. The highest BCUT2D eigenvalue weighted by Crippen LogP contribution is 2.25. The van der Waals surface area contributed by atoms with Gasteiger partial charge in [0.15, 0.2) is 6.61 Å². The van der Waals surface area contributed by atoms with Crippen molar-refractivity contribution < 1.29 is 19.1 Å². The molecule has 0 radical (unpaired) electrons. The zero-order valence-electron chi connectivity index (χ0n) is 17.7. The molecule has 6 nitrogen and oxygen atoms in total. The van der Waals surface area contributed by atoms with Crippen molar-refractivity contribution >= 4 is 45.1 Å². The highest BCUT2D eigenvalue weighted by atomic mass is 79.9. The van der Waals surface area contributed by atoms with Crippen LogP contribution in [0.4, 0.5) is 11.4 Å². The molecule has 0 saturated heterocycles. The van der Waals surface area contributed by atoms with Gasteiger partial charge in [0.1, 0.15) is 0 Å². The predicted octanol–water partition coefficient (Wildman–Crippen LogP) is 4.97. The predicted molar refractivity (Wildman–Crippen MR) is 122 cm³/mol. The van der Waals surface area contributed by atoms with E-state index in [1.807, 2.05) is 52.0 Å². The first kappa shape index (κ1) is 23.6. The largest absolute Gasteiger partial charge is 0.456 e. The molecule has 0 aliphatic carbocycles. The topological polar surface area (TPSA) is 84.5 Å². The summed E-state index contributed by atoms with van der Waals surface area (Å²) >= 11 is 3.44. The lowest BCUT2D eigenvalue weighted by Crippen LogP contribution is -2.21. The van der Waals surface area contributed by atoms with Crippen LogP contribution in [-0.2, 0) is 19.1 Å². The molecule has 0 aliphatic heterocycles. The van der Waals surface area contributed by atoms with Crippen molar-refractivity contribution in [1.29, 1.82) is 0 Å². The summed E-state index contributed by atoms with van der Waals surface area (Å²) < 4.78 is 5.98. The van der Waals surface area contributed by atoms with Crippen LogP contribution < -0.4 is 10.6 Å². The minimum Gasteiger partial charge on any atom is -0.456 e. The lowest BCUT2D eigenvalue weighted by molar-refractivity contribution is -0.147. The van der Waals surface area contributed by atoms with E-state index in [2.05, 4.69) is 26.6 Å². The van der Waals surface area contributed by atoms with Crippen molar-refractivity contribution in [3.05, 3.63) is 57.1 Å². The maximum atomic E-state index is 12.1. The molecule has 0 fully saturated rings. The molecule has 0 aliphatic rings. The van der Waals surface area contributed by atoms with Crippen LogP contribution in [0.3, 0.4) is 0 Å². The van der Waals surface area contributed by atoms with Crippen molar-refractivity contribution in [3.8, 4) is 0 Å². The van der Waals surface area contributed by atoms with Crippen LogP contribution in [0.5, 0.6) is 0 Å². The summed E-state index contributed by atoms with van der Waals surface area (Å²) in [5, 5.41) is 5.60. The number of anilines is 2. The number of ether oxygens (including phenoxy) is 1. The van der Waals surface area contributed by atoms with E-state index in [1.54, 1.807) is 6.07 Å². The molecule has 2 amide bonds. The van der Waals surface area contributed by atoms with E-state index in [4.69, 9.17) is 4.74 Å². The van der Waals surface area contributed by atoms with Crippen molar-refractivity contribution in [2.75, 3.05) is 17.2 Å². The summed E-state index contributed by atoms with van der Waals surface area (Å²) in [7, 11) is 0. The fourth-order valence-corrected chi connectivity index (χ4v) is 3.23. The Labute approximate surface area is 185 Å². The van der Waals surface area contributed by atoms with Gasteiger partial charge in [0.05, 0.1) is 0 Å². The second kappa shape index (κ2) is 10.9. The molecule has 0 spiro atoms. The number of carbonyl (C=O) groups is 3. The Morgan fingerprint density at radius 1 is 0.867 bits per heavy atom. The molecule has 0 saturated carbocycles. The quantitative estimate of drug-likeness (QED) is 0.528. The molecule has 0 heterocycles.